The van der Waals surface area contributed by atoms with Crippen molar-refractivity contribution in [2.24, 2.45) is 0 Å². The largest absolute Gasteiger partial charge is 0.495 e. The number of aromatic nitrogens is 1. The van der Waals surface area contributed by atoms with Crippen molar-refractivity contribution >= 4 is 29.4 Å². The van der Waals surface area contributed by atoms with Gasteiger partial charge in [-0.15, -0.1) is 0 Å². The number of carbonyl (C=O) groups is 1. The summed E-state index contributed by atoms with van der Waals surface area (Å²) in [6, 6.07) is 10.5. The van der Waals surface area contributed by atoms with Crippen LogP contribution in [0, 0.1) is 7.43 Å². The summed E-state index contributed by atoms with van der Waals surface area (Å²) < 4.78 is 21.0. The number of rotatable bonds is 7. The molecule has 1 aromatic heterocycles. The van der Waals surface area contributed by atoms with Crippen LogP contribution < -0.4 is 19.1 Å². The molecule has 3 aromatic rings. The average Bonchev–Trinajstić information content (AvgIpc) is 3.67. The van der Waals surface area contributed by atoms with Crippen molar-refractivity contribution in [2.45, 2.75) is 42.4 Å². The monoisotopic (exact) mass is 642 g/mol. The molecule has 3 heterocycles. The number of benzene rings is 2. The van der Waals surface area contributed by atoms with Crippen molar-refractivity contribution in [3.63, 3.8) is 0 Å². The number of fused-ring (bicyclic) bond motifs is 4. The minimum atomic E-state index is -0.00188. The molecule has 0 unspecified atom stereocenters. The number of hydrogen-bond acceptors (Lipinski definition) is 9. The number of amides is 1. The van der Waals surface area contributed by atoms with E-state index in [1.54, 1.807) is 14.2 Å². The van der Waals surface area contributed by atoms with Gasteiger partial charge in [0, 0.05) is 77.9 Å². The maximum Gasteiger partial charge on any atom is 0.254 e. The molecule has 1 amide bonds. The molecule has 9 nitrogen and oxygen atoms in total. The van der Waals surface area contributed by atoms with E-state index in [0.29, 0.717) is 23.6 Å². The first-order valence-corrected chi connectivity index (χ1v) is 15.4. The Balaban J connectivity index is 0.00000184. The number of carbonyl (C=O) groups excluding carboxylic acids is 1. The molecule has 1 N–H and O–H groups in total. The Labute approximate surface area is 269 Å². The molecule has 0 bridgehead atoms. The Hall–Kier alpha value is -2.84. The van der Waals surface area contributed by atoms with E-state index >= 15 is 0 Å². The van der Waals surface area contributed by atoms with Crippen LogP contribution in [0.25, 0.3) is 11.3 Å². The summed E-state index contributed by atoms with van der Waals surface area (Å²) in [5.74, 6) is 2.76. The standard InChI is InChI=1S/C31H37N5O4S.CH3.Cr/c1-34-10-4-13-36(15-14-34)30(37)20-16-25(38-2)28(26(17-20)39-3)41-33-29-23-19-31(8-9-31)24-7-6-21(35-11-5-12-35)18-22(24)27(23)40-32-29;;/h6-7,16-18H,4-5,8-15,19H2,1-3H3,(H,32,33);1H3;/q;-1;. The average molecular weight is 643 g/mol. The fraction of sp³-hybridized carbons (Fsp3) is 0.469. The molecule has 0 radical (unpaired) electrons. The van der Waals surface area contributed by atoms with Crippen LogP contribution in [0.2, 0.25) is 0 Å². The van der Waals surface area contributed by atoms with Crippen LogP contribution >= 0.6 is 11.9 Å². The zero-order valence-corrected chi connectivity index (χ0v) is 27.5. The number of methoxy groups -OCH3 is 2. The SMILES string of the molecule is COc1cc(C(=O)N2CCCN(C)CC2)cc(OC)c1SNc1noc2c1CC1(CC1)c1ccc(N3CCC3)cc1-2.[CH3-].[Cr]. The number of nitrogens with one attached hydrogen (secondary N) is 1. The van der Waals surface area contributed by atoms with Gasteiger partial charge in [-0.1, -0.05) is 11.2 Å². The number of hydrogen-bond donors (Lipinski definition) is 1. The van der Waals surface area contributed by atoms with Crippen LogP contribution in [-0.4, -0.2) is 81.4 Å². The van der Waals surface area contributed by atoms with E-state index in [1.807, 2.05) is 17.0 Å². The van der Waals surface area contributed by atoms with Crippen molar-refractivity contribution in [3.8, 4) is 22.8 Å². The van der Waals surface area contributed by atoms with Gasteiger partial charge in [0.2, 0.25) is 0 Å². The smallest absolute Gasteiger partial charge is 0.254 e. The minimum absolute atomic E-state index is 0. The number of ether oxygens (including phenoxy) is 2. The Morgan fingerprint density at radius 3 is 2.37 bits per heavy atom. The second-order valence-electron chi connectivity index (χ2n) is 11.7. The van der Waals surface area contributed by atoms with Gasteiger partial charge >= 0.3 is 0 Å². The van der Waals surface area contributed by atoms with Gasteiger partial charge in [0.05, 0.1) is 14.2 Å². The summed E-state index contributed by atoms with van der Waals surface area (Å²) in [7, 11) is 5.34. The van der Waals surface area contributed by atoms with Crippen LogP contribution in [0.4, 0.5) is 11.5 Å². The van der Waals surface area contributed by atoms with E-state index in [4.69, 9.17) is 14.0 Å². The van der Waals surface area contributed by atoms with E-state index in [9.17, 15) is 4.79 Å². The quantitative estimate of drug-likeness (QED) is 0.265. The first kappa shape index (κ1) is 31.6. The van der Waals surface area contributed by atoms with E-state index in [0.717, 1.165) is 67.6 Å². The van der Waals surface area contributed by atoms with Gasteiger partial charge in [0.1, 0.15) is 16.4 Å². The summed E-state index contributed by atoms with van der Waals surface area (Å²) in [5, 5.41) is 4.48. The van der Waals surface area contributed by atoms with Crippen molar-refractivity contribution in [1.29, 1.82) is 0 Å². The molecule has 2 saturated heterocycles. The molecule has 3 fully saturated rings. The van der Waals surface area contributed by atoms with Gasteiger partial charge in [-0.05, 0) is 87.5 Å². The summed E-state index contributed by atoms with van der Waals surface area (Å²) in [4.78, 5) is 20.8. The summed E-state index contributed by atoms with van der Waals surface area (Å²) in [5.41, 5.74) is 5.70. The molecule has 43 heavy (non-hydrogen) atoms. The van der Waals surface area contributed by atoms with Crippen LogP contribution in [0.5, 0.6) is 11.5 Å². The maximum absolute atomic E-state index is 13.4. The van der Waals surface area contributed by atoms with Crippen LogP contribution in [0.3, 0.4) is 0 Å². The van der Waals surface area contributed by atoms with E-state index in [2.05, 4.69) is 44.9 Å². The van der Waals surface area contributed by atoms with Crippen LogP contribution in [0.15, 0.2) is 39.8 Å². The first-order valence-electron chi connectivity index (χ1n) is 14.5. The molecular formula is C32H40CrN5O4S-. The van der Waals surface area contributed by atoms with E-state index < -0.39 is 0 Å². The van der Waals surface area contributed by atoms with E-state index in [1.165, 1.54) is 48.0 Å². The molecule has 2 aliphatic carbocycles. The predicted octanol–water partition coefficient (Wildman–Crippen LogP) is 5.50. The molecule has 230 valence electrons. The Morgan fingerprint density at radius 1 is 1.00 bits per heavy atom. The molecule has 1 saturated carbocycles. The summed E-state index contributed by atoms with van der Waals surface area (Å²) >= 11 is 1.37. The summed E-state index contributed by atoms with van der Waals surface area (Å²) in [6.07, 6.45) is 5.49. The van der Waals surface area contributed by atoms with Gasteiger partial charge in [0.15, 0.2) is 11.6 Å². The number of anilines is 2. The number of nitrogens with zero attached hydrogens (tertiary/aromatic N) is 4. The van der Waals surface area contributed by atoms with E-state index in [-0.39, 0.29) is 36.1 Å². The van der Waals surface area contributed by atoms with Gasteiger partial charge in [0.25, 0.3) is 5.91 Å². The predicted molar refractivity (Wildman–Crippen MR) is 167 cm³/mol. The normalized spacial score (nSPS) is 18.3. The van der Waals surface area contributed by atoms with Gasteiger partial charge in [-0.3, -0.25) is 4.79 Å². The molecule has 0 atom stereocenters. The van der Waals surface area contributed by atoms with Crippen molar-refractivity contribution in [2.75, 3.05) is 70.2 Å². The first-order chi connectivity index (χ1) is 20.0. The molecule has 2 aliphatic heterocycles. The Morgan fingerprint density at radius 2 is 1.72 bits per heavy atom. The van der Waals surface area contributed by atoms with Crippen LogP contribution in [0.1, 0.15) is 47.2 Å². The van der Waals surface area contributed by atoms with Gasteiger partial charge < -0.3 is 40.8 Å². The van der Waals surface area contributed by atoms with Crippen LogP contribution in [-0.2, 0) is 29.2 Å². The van der Waals surface area contributed by atoms with Crippen molar-refractivity contribution < 1.29 is 36.2 Å². The zero-order chi connectivity index (χ0) is 28.1. The second-order valence-corrected chi connectivity index (χ2v) is 12.5. The third-order valence-electron chi connectivity index (χ3n) is 9.16. The fourth-order valence-corrected chi connectivity index (χ4v) is 7.23. The molecule has 1 spiro atoms. The Kier molecular flexibility index (Phi) is 9.29. The molecule has 7 rings (SSSR count). The fourth-order valence-electron chi connectivity index (χ4n) is 6.38. The molecule has 11 heteroatoms. The topological polar surface area (TPSA) is 83.3 Å². The van der Waals surface area contributed by atoms with Gasteiger partial charge in [-0.2, -0.15) is 0 Å². The number of likely N-dealkylation sites (N-methyl/N-ethyl adjacent to an activating group) is 1. The summed E-state index contributed by atoms with van der Waals surface area (Å²) in [6.45, 7) is 5.54. The second kappa shape index (κ2) is 12.6. The van der Waals surface area contributed by atoms with Gasteiger partial charge in [-0.25, -0.2) is 0 Å². The molecule has 4 aliphatic rings. The Bertz CT molecular complexity index is 1460. The molecular weight excluding hydrogens is 602 g/mol. The molecule has 2 aromatic carbocycles. The third-order valence-corrected chi connectivity index (χ3v) is 10.1. The minimum Gasteiger partial charge on any atom is -0.495 e. The maximum atomic E-state index is 13.4. The van der Waals surface area contributed by atoms with Crippen molar-refractivity contribution in [3.05, 3.63) is 54.4 Å². The zero-order valence-electron chi connectivity index (χ0n) is 25.4. The van der Waals surface area contributed by atoms with Crippen molar-refractivity contribution in [1.82, 2.24) is 15.0 Å². The third kappa shape index (κ3) is 5.73.